The van der Waals surface area contributed by atoms with E-state index in [4.69, 9.17) is 11.6 Å². The van der Waals surface area contributed by atoms with E-state index in [-0.39, 0.29) is 16.3 Å². The van der Waals surface area contributed by atoms with E-state index in [0.29, 0.717) is 18.4 Å². The van der Waals surface area contributed by atoms with E-state index < -0.39 is 0 Å². The predicted molar refractivity (Wildman–Crippen MR) is 70.5 cm³/mol. The first-order valence-corrected chi connectivity index (χ1v) is 7.00. The first-order valence-electron chi connectivity index (χ1n) is 6.62. The number of Topliss-reactive ketones (excluding diaryl/α,β-unsaturated/α-hetero) is 1. The zero-order chi connectivity index (χ0) is 13.2. The topological polar surface area (TPSA) is 55.2 Å². The second-order valence-electron chi connectivity index (χ2n) is 6.02. The number of carbonyl (C=O) groups is 1. The van der Waals surface area contributed by atoms with E-state index in [9.17, 15) is 9.59 Å². The number of fused-ring (bicyclic) bond motifs is 3. The van der Waals surface area contributed by atoms with Gasteiger partial charge in [-0.15, -0.1) is 0 Å². The van der Waals surface area contributed by atoms with Gasteiger partial charge >= 0.3 is 5.69 Å². The summed E-state index contributed by atoms with van der Waals surface area (Å²) < 4.78 is 1.70. The second kappa shape index (κ2) is 3.60. The van der Waals surface area contributed by atoms with Gasteiger partial charge in [-0.3, -0.25) is 9.36 Å². The van der Waals surface area contributed by atoms with E-state index in [1.807, 2.05) is 0 Å². The number of piperidine rings is 1. The van der Waals surface area contributed by atoms with Gasteiger partial charge in [0.25, 0.3) is 0 Å². The lowest BCUT2D eigenvalue weighted by atomic mass is 9.61. The van der Waals surface area contributed by atoms with E-state index in [1.54, 1.807) is 10.6 Å². The standard InChI is InChI=1S/C13H14ClN3O2/c14-10-3-11-16-2-1-13(5-9(18)6-13)4-8(16)7-17(11)12(19)15-10/h3,8H,1-2,4-7H2. The predicted octanol–water partition coefficient (Wildman–Crippen LogP) is 1.23. The van der Waals surface area contributed by atoms with Crippen LogP contribution in [0.3, 0.4) is 0 Å². The molecule has 1 aromatic heterocycles. The number of nitrogens with zero attached hydrogens (tertiary/aromatic N) is 3. The molecule has 100 valence electrons. The van der Waals surface area contributed by atoms with E-state index in [2.05, 4.69) is 9.88 Å². The van der Waals surface area contributed by atoms with Crippen molar-refractivity contribution < 1.29 is 4.79 Å². The lowest BCUT2D eigenvalue weighted by Crippen LogP contribution is -2.51. The summed E-state index contributed by atoms with van der Waals surface area (Å²) in [5.74, 6) is 1.27. The highest BCUT2D eigenvalue weighted by Gasteiger charge is 2.50. The number of hydrogen-bond donors (Lipinski definition) is 0. The van der Waals surface area contributed by atoms with Crippen LogP contribution in [0.5, 0.6) is 0 Å². The fourth-order valence-electron chi connectivity index (χ4n) is 3.91. The Morgan fingerprint density at radius 3 is 2.89 bits per heavy atom. The lowest BCUT2D eigenvalue weighted by molar-refractivity contribution is -0.134. The minimum atomic E-state index is -0.268. The van der Waals surface area contributed by atoms with Gasteiger partial charge in [-0.25, -0.2) is 4.79 Å². The summed E-state index contributed by atoms with van der Waals surface area (Å²) in [7, 11) is 0. The Morgan fingerprint density at radius 1 is 1.37 bits per heavy atom. The lowest BCUT2D eigenvalue weighted by Gasteiger charge is -2.48. The summed E-state index contributed by atoms with van der Waals surface area (Å²) in [6.07, 6.45) is 3.48. The molecular weight excluding hydrogens is 266 g/mol. The van der Waals surface area contributed by atoms with Gasteiger partial charge in [-0.05, 0) is 18.3 Å². The third kappa shape index (κ3) is 1.57. The van der Waals surface area contributed by atoms with Gasteiger partial charge in [0.1, 0.15) is 16.8 Å². The Labute approximate surface area is 115 Å². The molecule has 1 atom stereocenters. The number of rotatable bonds is 0. The molecule has 4 rings (SSSR count). The van der Waals surface area contributed by atoms with Crippen molar-refractivity contribution in [3.05, 3.63) is 21.7 Å². The molecular formula is C13H14ClN3O2. The number of aromatic nitrogens is 2. The Morgan fingerprint density at radius 2 is 2.16 bits per heavy atom. The molecule has 0 amide bonds. The summed E-state index contributed by atoms with van der Waals surface area (Å²) in [5, 5.41) is 0.260. The van der Waals surface area contributed by atoms with Crippen LogP contribution in [-0.4, -0.2) is 27.9 Å². The molecule has 1 unspecified atom stereocenters. The Bertz CT molecular complexity index is 631. The number of halogens is 1. The maximum absolute atomic E-state index is 11.9. The van der Waals surface area contributed by atoms with Crippen LogP contribution in [-0.2, 0) is 11.3 Å². The second-order valence-corrected chi connectivity index (χ2v) is 6.41. The van der Waals surface area contributed by atoms with Gasteiger partial charge in [0.05, 0.1) is 0 Å². The smallest absolute Gasteiger partial charge is 0.350 e. The van der Waals surface area contributed by atoms with Gasteiger partial charge in [0.15, 0.2) is 0 Å². The maximum atomic E-state index is 11.9. The van der Waals surface area contributed by atoms with Crippen molar-refractivity contribution in [2.24, 2.45) is 5.41 Å². The molecule has 5 nitrogen and oxygen atoms in total. The Balaban J connectivity index is 1.67. The highest BCUT2D eigenvalue weighted by molar-refractivity contribution is 6.29. The quantitative estimate of drug-likeness (QED) is 0.670. The molecule has 0 N–H and O–H groups in total. The van der Waals surface area contributed by atoms with Gasteiger partial charge < -0.3 is 4.90 Å². The molecule has 1 saturated heterocycles. The molecule has 0 aromatic carbocycles. The molecule has 0 radical (unpaired) electrons. The molecule has 1 saturated carbocycles. The van der Waals surface area contributed by atoms with Crippen LogP contribution in [0, 0.1) is 5.41 Å². The molecule has 6 heteroatoms. The Hall–Kier alpha value is -1.36. The molecule has 0 bridgehead atoms. The number of anilines is 1. The fourth-order valence-corrected chi connectivity index (χ4v) is 4.08. The number of hydrogen-bond acceptors (Lipinski definition) is 4. The Kier molecular flexibility index (Phi) is 2.17. The molecule has 3 heterocycles. The zero-order valence-corrected chi connectivity index (χ0v) is 11.2. The van der Waals surface area contributed by atoms with Crippen molar-refractivity contribution in [2.75, 3.05) is 11.4 Å². The molecule has 2 aliphatic heterocycles. The SMILES string of the molecule is O=C1CC2(CCN3c4cc(Cl)nc(=O)n4CC3C2)C1. The third-order valence-corrected chi connectivity index (χ3v) is 4.98. The zero-order valence-electron chi connectivity index (χ0n) is 10.4. The molecule has 3 aliphatic rings. The van der Waals surface area contributed by atoms with Crippen molar-refractivity contribution >= 4 is 23.2 Å². The monoisotopic (exact) mass is 279 g/mol. The van der Waals surface area contributed by atoms with E-state index in [1.165, 1.54) is 0 Å². The van der Waals surface area contributed by atoms with Crippen molar-refractivity contribution in [1.29, 1.82) is 0 Å². The van der Waals surface area contributed by atoms with Crippen LogP contribution in [0.25, 0.3) is 0 Å². The maximum Gasteiger partial charge on any atom is 0.350 e. The molecule has 19 heavy (non-hydrogen) atoms. The molecule has 2 fully saturated rings. The normalized spacial score (nSPS) is 27.1. The van der Waals surface area contributed by atoms with E-state index >= 15 is 0 Å². The third-order valence-electron chi connectivity index (χ3n) is 4.78. The highest BCUT2D eigenvalue weighted by atomic mass is 35.5. The fraction of sp³-hybridized carbons (Fsp3) is 0.615. The number of carbonyl (C=O) groups excluding carboxylic acids is 1. The van der Waals surface area contributed by atoms with Crippen molar-refractivity contribution in [2.45, 2.75) is 38.3 Å². The number of ketones is 1. The van der Waals surface area contributed by atoms with Crippen molar-refractivity contribution in [3.63, 3.8) is 0 Å². The highest BCUT2D eigenvalue weighted by Crippen LogP contribution is 2.50. The summed E-state index contributed by atoms with van der Waals surface area (Å²) in [5.41, 5.74) is -0.0585. The van der Waals surface area contributed by atoms with Gasteiger partial charge in [0, 0.05) is 38.0 Å². The van der Waals surface area contributed by atoms with Crippen LogP contribution in [0.2, 0.25) is 5.15 Å². The molecule has 1 aliphatic carbocycles. The first kappa shape index (κ1) is 11.5. The van der Waals surface area contributed by atoms with Crippen LogP contribution in [0.1, 0.15) is 25.7 Å². The average molecular weight is 280 g/mol. The van der Waals surface area contributed by atoms with Crippen molar-refractivity contribution in [1.82, 2.24) is 9.55 Å². The van der Waals surface area contributed by atoms with Gasteiger partial charge in [-0.1, -0.05) is 11.6 Å². The first-order chi connectivity index (χ1) is 9.06. The van der Waals surface area contributed by atoms with Crippen LogP contribution < -0.4 is 10.6 Å². The minimum absolute atomic E-state index is 0.209. The van der Waals surface area contributed by atoms with Crippen LogP contribution >= 0.6 is 11.6 Å². The molecule has 1 aromatic rings. The van der Waals surface area contributed by atoms with E-state index in [0.717, 1.165) is 38.0 Å². The van der Waals surface area contributed by atoms with Gasteiger partial charge in [-0.2, -0.15) is 4.98 Å². The van der Waals surface area contributed by atoms with Crippen molar-refractivity contribution in [3.8, 4) is 0 Å². The van der Waals surface area contributed by atoms with Gasteiger partial charge in [0.2, 0.25) is 0 Å². The summed E-state index contributed by atoms with van der Waals surface area (Å²) >= 11 is 5.88. The largest absolute Gasteiger partial charge is 0.353 e. The summed E-state index contributed by atoms with van der Waals surface area (Å²) in [6.45, 7) is 1.58. The summed E-state index contributed by atoms with van der Waals surface area (Å²) in [4.78, 5) is 29.2. The van der Waals surface area contributed by atoms with Crippen LogP contribution in [0.4, 0.5) is 5.82 Å². The van der Waals surface area contributed by atoms with Crippen LogP contribution in [0.15, 0.2) is 10.9 Å². The summed E-state index contributed by atoms with van der Waals surface area (Å²) in [6, 6.07) is 2.09. The average Bonchev–Trinajstić information content (AvgIpc) is 2.65. The minimum Gasteiger partial charge on any atom is -0.353 e. The molecule has 1 spiro atoms.